The monoisotopic (exact) mass is 148 g/mol. The molecule has 0 unspecified atom stereocenters. The van der Waals surface area contributed by atoms with Crippen LogP contribution in [0.3, 0.4) is 0 Å². The molecule has 0 aliphatic carbocycles. The summed E-state index contributed by atoms with van der Waals surface area (Å²) in [5.41, 5.74) is 1.14. The first kappa shape index (κ1) is 6.34. The summed E-state index contributed by atoms with van der Waals surface area (Å²) in [6, 6.07) is 3.89. The van der Waals surface area contributed by atoms with Gasteiger partial charge in [0.15, 0.2) is 6.40 Å². The number of hydrogen-bond acceptors (Lipinski definition) is 3. The van der Waals surface area contributed by atoms with E-state index < -0.39 is 0 Å². The highest BCUT2D eigenvalue weighted by Gasteiger charge is 2.13. The van der Waals surface area contributed by atoms with Gasteiger partial charge in [-0.05, 0) is 17.7 Å². The standard InChI is InChI=1S/C8H8N2O/c1-3-9-4-2-7(1)8-5-10-6-11-8/h1-4,6,8H,5H2/t8-/m0/s1. The smallest absolute Gasteiger partial charge is 0.170 e. The highest BCUT2D eigenvalue weighted by Crippen LogP contribution is 2.18. The second-order valence-electron chi connectivity index (χ2n) is 2.38. The zero-order chi connectivity index (χ0) is 7.52. The van der Waals surface area contributed by atoms with Crippen LogP contribution in [0.5, 0.6) is 0 Å². The lowest BCUT2D eigenvalue weighted by Crippen LogP contribution is -1.99. The van der Waals surface area contributed by atoms with Crippen LogP contribution in [0.2, 0.25) is 0 Å². The van der Waals surface area contributed by atoms with Crippen molar-refractivity contribution < 1.29 is 4.74 Å². The van der Waals surface area contributed by atoms with E-state index in [0.29, 0.717) is 0 Å². The zero-order valence-electron chi connectivity index (χ0n) is 5.97. The molecule has 1 atom stereocenters. The van der Waals surface area contributed by atoms with Gasteiger partial charge in [-0.3, -0.25) is 9.98 Å². The van der Waals surface area contributed by atoms with Crippen LogP contribution in [0.25, 0.3) is 0 Å². The van der Waals surface area contributed by atoms with Crippen molar-refractivity contribution in [2.24, 2.45) is 4.99 Å². The first-order valence-electron chi connectivity index (χ1n) is 3.50. The Morgan fingerprint density at radius 3 is 2.82 bits per heavy atom. The largest absolute Gasteiger partial charge is 0.474 e. The van der Waals surface area contributed by atoms with Crippen LogP contribution in [-0.4, -0.2) is 17.9 Å². The van der Waals surface area contributed by atoms with Crippen molar-refractivity contribution in [3.8, 4) is 0 Å². The molecule has 3 heteroatoms. The molecule has 56 valence electrons. The Hall–Kier alpha value is -1.38. The van der Waals surface area contributed by atoms with Gasteiger partial charge in [-0.25, -0.2) is 0 Å². The van der Waals surface area contributed by atoms with E-state index in [1.54, 1.807) is 12.4 Å². The van der Waals surface area contributed by atoms with Crippen molar-refractivity contribution in [2.45, 2.75) is 6.10 Å². The molecule has 0 bridgehead atoms. The second-order valence-corrected chi connectivity index (χ2v) is 2.38. The molecule has 0 radical (unpaired) electrons. The molecule has 0 N–H and O–H groups in total. The first-order chi connectivity index (χ1) is 5.47. The van der Waals surface area contributed by atoms with Crippen LogP contribution in [0.4, 0.5) is 0 Å². The van der Waals surface area contributed by atoms with Crippen LogP contribution in [-0.2, 0) is 4.74 Å². The summed E-state index contributed by atoms with van der Waals surface area (Å²) in [5.74, 6) is 0. The Labute approximate surface area is 64.7 Å². The maximum absolute atomic E-state index is 5.22. The van der Waals surface area contributed by atoms with Gasteiger partial charge < -0.3 is 4.74 Å². The molecule has 0 aromatic carbocycles. The Bertz CT molecular complexity index is 250. The molecule has 0 saturated carbocycles. The van der Waals surface area contributed by atoms with Crippen LogP contribution in [0, 0.1) is 0 Å². The number of rotatable bonds is 1. The van der Waals surface area contributed by atoms with Gasteiger partial charge in [-0.1, -0.05) is 0 Å². The van der Waals surface area contributed by atoms with Gasteiger partial charge in [0.1, 0.15) is 6.10 Å². The van der Waals surface area contributed by atoms with Gasteiger partial charge in [-0.2, -0.15) is 0 Å². The highest BCUT2D eigenvalue weighted by molar-refractivity contribution is 5.49. The lowest BCUT2D eigenvalue weighted by atomic mass is 10.1. The van der Waals surface area contributed by atoms with E-state index in [-0.39, 0.29) is 6.10 Å². The van der Waals surface area contributed by atoms with Crippen molar-refractivity contribution in [1.82, 2.24) is 4.98 Å². The molecular formula is C8H8N2O. The van der Waals surface area contributed by atoms with E-state index in [0.717, 1.165) is 12.1 Å². The Kier molecular flexibility index (Phi) is 1.55. The molecule has 0 saturated heterocycles. The zero-order valence-corrected chi connectivity index (χ0v) is 5.97. The molecule has 0 spiro atoms. The lowest BCUT2D eigenvalue weighted by Gasteiger charge is -2.06. The van der Waals surface area contributed by atoms with Crippen LogP contribution in [0.1, 0.15) is 11.7 Å². The van der Waals surface area contributed by atoms with Crippen LogP contribution >= 0.6 is 0 Å². The van der Waals surface area contributed by atoms with Gasteiger partial charge in [0.25, 0.3) is 0 Å². The predicted octanol–water partition coefficient (Wildman–Crippen LogP) is 1.18. The molecule has 2 heterocycles. The molecule has 3 nitrogen and oxygen atoms in total. The van der Waals surface area contributed by atoms with Crippen molar-refractivity contribution in [3.63, 3.8) is 0 Å². The molecule has 1 aromatic heterocycles. The van der Waals surface area contributed by atoms with E-state index in [2.05, 4.69) is 9.98 Å². The Balaban J connectivity index is 2.17. The van der Waals surface area contributed by atoms with E-state index in [1.807, 2.05) is 12.1 Å². The number of aromatic nitrogens is 1. The third kappa shape index (κ3) is 1.22. The average molecular weight is 148 g/mol. The summed E-state index contributed by atoms with van der Waals surface area (Å²) >= 11 is 0. The summed E-state index contributed by atoms with van der Waals surface area (Å²) in [6.07, 6.45) is 5.14. The van der Waals surface area contributed by atoms with E-state index in [9.17, 15) is 0 Å². The molecule has 2 rings (SSSR count). The number of nitrogens with zero attached hydrogens (tertiary/aromatic N) is 2. The van der Waals surface area contributed by atoms with Crippen molar-refractivity contribution >= 4 is 6.40 Å². The fraction of sp³-hybridized carbons (Fsp3) is 0.250. The Morgan fingerprint density at radius 1 is 1.36 bits per heavy atom. The fourth-order valence-electron chi connectivity index (χ4n) is 1.06. The molecule has 0 fully saturated rings. The van der Waals surface area contributed by atoms with Gasteiger partial charge in [0.05, 0.1) is 6.54 Å². The topological polar surface area (TPSA) is 34.5 Å². The minimum absolute atomic E-state index is 0.109. The summed E-state index contributed by atoms with van der Waals surface area (Å²) in [5, 5.41) is 0. The third-order valence-corrected chi connectivity index (χ3v) is 1.65. The molecule has 0 amide bonds. The summed E-state index contributed by atoms with van der Waals surface area (Å²) in [6.45, 7) is 0.726. The SMILES string of the molecule is C1=NC[C@@H](c2ccncc2)O1. The van der Waals surface area contributed by atoms with Crippen molar-refractivity contribution in [1.29, 1.82) is 0 Å². The molecular weight excluding hydrogens is 140 g/mol. The molecule has 11 heavy (non-hydrogen) atoms. The lowest BCUT2D eigenvalue weighted by molar-refractivity contribution is 0.240. The van der Waals surface area contributed by atoms with E-state index in [4.69, 9.17) is 4.74 Å². The van der Waals surface area contributed by atoms with Gasteiger partial charge in [0, 0.05) is 12.4 Å². The van der Waals surface area contributed by atoms with Crippen molar-refractivity contribution in [3.05, 3.63) is 30.1 Å². The maximum atomic E-state index is 5.22. The number of hydrogen-bond donors (Lipinski definition) is 0. The van der Waals surface area contributed by atoms with Gasteiger partial charge >= 0.3 is 0 Å². The number of aliphatic imine (C=N–C) groups is 1. The summed E-state index contributed by atoms with van der Waals surface area (Å²) in [4.78, 5) is 7.89. The number of pyridine rings is 1. The van der Waals surface area contributed by atoms with Gasteiger partial charge in [-0.15, -0.1) is 0 Å². The third-order valence-electron chi connectivity index (χ3n) is 1.65. The minimum Gasteiger partial charge on any atom is -0.474 e. The molecule has 1 aromatic rings. The van der Waals surface area contributed by atoms with Gasteiger partial charge in [0.2, 0.25) is 0 Å². The molecule has 1 aliphatic rings. The maximum Gasteiger partial charge on any atom is 0.170 e. The summed E-state index contributed by atoms with van der Waals surface area (Å²) < 4.78 is 5.22. The van der Waals surface area contributed by atoms with E-state index in [1.165, 1.54) is 6.40 Å². The summed E-state index contributed by atoms with van der Waals surface area (Å²) in [7, 11) is 0. The second kappa shape index (κ2) is 2.70. The fourth-order valence-corrected chi connectivity index (χ4v) is 1.06. The Morgan fingerprint density at radius 2 is 2.18 bits per heavy atom. The van der Waals surface area contributed by atoms with Crippen molar-refractivity contribution in [2.75, 3.05) is 6.54 Å². The van der Waals surface area contributed by atoms with E-state index >= 15 is 0 Å². The molecule has 1 aliphatic heterocycles. The quantitative estimate of drug-likeness (QED) is 0.599. The highest BCUT2D eigenvalue weighted by atomic mass is 16.5. The predicted molar refractivity (Wildman–Crippen MR) is 41.4 cm³/mol. The number of ether oxygens (including phenoxy) is 1. The van der Waals surface area contributed by atoms with Crippen LogP contribution in [0.15, 0.2) is 29.5 Å². The average Bonchev–Trinajstić information content (AvgIpc) is 2.58. The normalized spacial score (nSPS) is 21.6. The first-order valence-corrected chi connectivity index (χ1v) is 3.50. The van der Waals surface area contributed by atoms with Crippen LogP contribution < -0.4 is 0 Å². The minimum atomic E-state index is 0.109.